The van der Waals surface area contributed by atoms with Crippen molar-refractivity contribution in [2.45, 2.75) is 6.42 Å². The molecule has 0 spiro atoms. The zero-order valence-electron chi connectivity index (χ0n) is 13.4. The van der Waals surface area contributed by atoms with E-state index in [2.05, 4.69) is 0 Å². The third kappa shape index (κ3) is 6.52. The first kappa shape index (κ1) is 20.1. The van der Waals surface area contributed by atoms with Crippen molar-refractivity contribution in [1.82, 2.24) is 0 Å². The van der Waals surface area contributed by atoms with Crippen LogP contribution >= 0.6 is 46.4 Å². The number of ether oxygens (including phenoxy) is 3. The van der Waals surface area contributed by atoms with Crippen LogP contribution in [-0.4, -0.2) is 20.3 Å². The average molecular weight is 422 g/mol. The molecule has 0 aliphatic carbocycles. The first-order valence-electron chi connectivity index (χ1n) is 7.38. The molecule has 0 aliphatic heterocycles. The number of hydrogen-bond acceptors (Lipinski definition) is 3. The highest BCUT2D eigenvalue weighted by molar-refractivity contribution is 6.55. The lowest BCUT2D eigenvalue weighted by molar-refractivity contribution is 0.320. The van der Waals surface area contributed by atoms with Crippen molar-refractivity contribution in [3.63, 3.8) is 0 Å². The predicted molar refractivity (Wildman–Crippen MR) is 104 cm³/mol. The molecule has 2 aromatic carbocycles. The second-order valence-corrected chi connectivity index (χ2v) is 6.79. The minimum absolute atomic E-state index is 0.135. The zero-order valence-corrected chi connectivity index (χ0v) is 16.4. The normalized spacial score (nSPS) is 10.3. The Morgan fingerprint density at radius 2 is 1.60 bits per heavy atom. The summed E-state index contributed by atoms with van der Waals surface area (Å²) in [6.45, 7) is 0.656. The van der Waals surface area contributed by atoms with E-state index in [9.17, 15) is 0 Å². The van der Waals surface area contributed by atoms with Crippen LogP contribution in [0.4, 0.5) is 0 Å². The Kier molecular flexibility index (Phi) is 8.04. The standard InChI is InChI=1S/C18H16Cl4O3/c1-23-13-4-2-12(3-5-13)6-8-25-18-15(19)10-14(11-16(18)20)24-9-7-17(21)22/h2-5,7,10-11H,6,8-9H2,1H3. The molecule has 0 saturated carbocycles. The monoisotopic (exact) mass is 420 g/mol. The molecule has 2 aromatic rings. The Morgan fingerprint density at radius 3 is 2.16 bits per heavy atom. The van der Waals surface area contributed by atoms with Crippen LogP contribution in [0.5, 0.6) is 17.2 Å². The fraction of sp³-hybridized carbons (Fsp3) is 0.222. The Balaban J connectivity index is 1.93. The molecule has 25 heavy (non-hydrogen) atoms. The first-order valence-corrected chi connectivity index (χ1v) is 8.89. The van der Waals surface area contributed by atoms with Gasteiger partial charge in [0.25, 0.3) is 0 Å². The van der Waals surface area contributed by atoms with Gasteiger partial charge in [-0.3, -0.25) is 0 Å². The molecule has 0 unspecified atom stereocenters. The fourth-order valence-electron chi connectivity index (χ4n) is 2.02. The molecule has 0 amide bonds. The van der Waals surface area contributed by atoms with E-state index in [1.165, 1.54) is 6.08 Å². The summed E-state index contributed by atoms with van der Waals surface area (Å²) in [5, 5.41) is 0.747. The molecule has 0 N–H and O–H groups in total. The van der Waals surface area contributed by atoms with E-state index in [1.54, 1.807) is 19.2 Å². The van der Waals surface area contributed by atoms with Gasteiger partial charge in [-0.25, -0.2) is 0 Å². The maximum Gasteiger partial charge on any atom is 0.156 e. The SMILES string of the molecule is COc1ccc(CCOc2c(Cl)cc(OCC=C(Cl)Cl)cc2Cl)cc1. The van der Waals surface area contributed by atoms with Crippen molar-refractivity contribution in [3.8, 4) is 17.2 Å². The highest BCUT2D eigenvalue weighted by Gasteiger charge is 2.11. The molecule has 0 fully saturated rings. The second-order valence-electron chi connectivity index (χ2n) is 4.97. The van der Waals surface area contributed by atoms with E-state index in [0.29, 0.717) is 34.6 Å². The minimum Gasteiger partial charge on any atom is -0.497 e. The van der Waals surface area contributed by atoms with Crippen LogP contribution in [0.1, 0.15) is 5.56 Å². The van der Waals surface area contributed by atoms with Crippen LogP contribution < -0.4 is 14.2 Å². The summed E-state index contributed by atoms with van der Waals surface area (Å²) in [6, 6.07) is 11.0. The smallest absolute Gasteiger partial charge is 0.156 e. The molecule has 3 nitrogen and oxygen atoms in total. The predicted octanol–water partition coefficient (Wildman–Crippen LogP) is 6.32. The van der Waals surface area contributed by atoms with Gasteiger partial charge in [0.15, 0.2) is 5.75 Å². The van der Waals surface area contributed by atoms with Crippen molar-refractivity contribution in [2.24, 2.45) is 0 Å². The summed E-state index contributed by atoms with van der Waals surface area (Å²) in [7, 11) is 1.63. The molecule has 0 bridgehead atoms. The molecular weight excluding hydrogens is 406 g/mol. The minimum atomic E-state index is 0.135. The van der Waals surface area contributed by atoms with Gasteiger partial charge in [-0.15, -0.1) is 0 Å². The number of methoxy groups -OCH3 is 1. The molecule has 2 rings (SSSR count). The number of hydrogen-bond donors (Lipinski definition) is 0. The van der Waals surface area contributed by atoms with Crippen LogP contribution in [0.2, 0.25) is 10.0 Å². The van der Waals surface area contributed by atoms with E-state index < -0.39 is 0 Å². The topological polar surface area (TPSA) is 27.7 Å². The molecular formula is C18H16Cl4O3. The van der Waals surface area contributed by atoms with Gasteiger partial charge >= 0.3 is 0 Å². The third-order valence-electron chi connectivity index (χ3n) is 3.26. The van der Waals surface area contributed by atoms with Gasteiger partial charge in [-0.05, 0) is 23.8 Å². The van der Waals surface area contributed by atoms with Gasteiger partial charge < -0.3 is 14.2 Å². The van der Waals surface area contributed by atoms with Crippen molar-refractivity contribution >= 4 is 46.4 Å². The quantitative estimate of drug-likeness (QED) is 0.498. The Morgan fingerprint density at radius 1 is 0.960 bits per heavy atom. The summed E-state index contributed by atoms with van der Waals surface area (Å²) in [5.41, 5.74) is 1.12. The summed E-state index contributed by atoms with van der Waals surface area (Å²) in [4.78, 5) is 0. The summed E-state index contributed by atoms with van der Waals surface area (Å²) in [6.07, 6.45) is 2.23. The van der Waals surface area contributed by atoms with Crippen LogP contribution in [0.25, 0.3) is 0 Å². The maximum absolute atomic E-state index is 6.22. The van der Waals surface area contributed by atoms with Crippen molar-refractivity contribution < 1.29 is 14.2 Å². The van der Waals surface area contributed by atoms with E-state index in [1.807, 2.05) is 24.3 Å². The Hall–Kier alpha value is -1.26. The highest BCUT2D eigenvalue weighted by Crippen LogP contribution is 2.37. The number of rotatable bonds is 8. The Bertz CT molecular complexity index is 703. The van der Waals surface area contributed by atoms with Gasteiger partial charge in [0.1, 0.15) is 22.6 Å². The van der Waals surface area contributed by atoms with Crippen molar-refractivity contribution in [1.29, 1.82) is 0 Å². The van der Waals surface area contributed by atoms with Crippen molar-refractivity contribution in [2.75, 3.05) is 20.3 Å². The molecule has 7 heteroatoms. The lowest BCUT2D eigenvalue weighted by Gasteiger charge is -2.12. The molecule has 134 valence electrons. The zero-order chi connectivity index (χ0) is 18.2. The van der Waals surface area contributed by atoms with E-state index in [0.717, 1.165) is 11.3 Å². The van der Waals surface area contributed by atoms with Crippen molar-refractivity contribution in [3.05, 3.63) is 62.6 Å². The fourth-order valence-corrected chi connectivity index (χ4v) is 2.72. The maximum atomic E-state index is 6.22. The Labute approximate surface area is 167 Å². The second kappa shape index (κ2) is 10.0. The number of benzene rings is 2. The van der Waals surface area contributed by atoms with E-state index >= 15 is 0 Å². The van der Waals surface area contributed by atoms with Gasteiger partial charge in [0.2, 0.25) is 0 Å². The molecule has 0 saturated heterocycles. The summed E-state index contributed by atoms with van der Waals surface area (Å²) >= 11 is 23.5. The van der Waals surface area contributed by atoms with E-state index in [-0.39, 0.29) is 11.1 Å². The molecule has 0 aliphatic rings. The average Bonchev–Trinajstić information content (AvgIpc) is 2.57. The van der Waals surface area contributed by atoms with Crippen LogP contribution in [0.15, 0.2) is 47.0 Å². The van der Waals surface area contributed by atoms with Crippen LogP contribution in [0.3, 0.4) is 0 Å². The van der Waals surface area contributed by atoms with Crippen LogP contribution in [-0.2, 0) is 6.42 Å². The number of halogens is 4. The van der Waals surface area contributed by atoms with Gasteiger partial charge in [-0.1, -0.05) is 58.5 Å². The summed E-state index contributed by atoms with van der Waals surface area (Å²) < 4.78 is 16.4. The van der Waals surface area contributed by atoms with Crippen LogP contribution in [0, 0.1) is 0 Å². The lowest BCUT2D eigenvalue weighted by Crippen LogP contribution is -2.03. The molecule has 0 aromatic heterocycles. The van der Waals surface area contributed by atoms with Gasteiger partial charge in [-0.2, -0.15) is 0 Å². The largest absolute Gasteiger partial charge is 0.497 e. The van der Waals surface area contributed by atoms with E-state index in [4.69, 9.17) is 60.6 Å². The first-order chi connectivity index (χ1) is 12.0. The summed E-state index contributed by atoms with van der Waals surface area (Å²) in [5.74, 6) is 1.75. The van der Waals surface area contributed by atoms with Gasteiger partial charge in [0, 0.05) is 18.6 Å². The molecule has 0 atom stereocenters. The third-order valence-corrected chi connectivity index (χ3v) is 4.13. The van der Waals surface area contributed by atoms with Gasteiger partial charge in [0.05, 0.1) is 23.8 Å². The lowest BCUT2D eigenvalue weighted by atomic mass is 10.1. The highest BCUT2D eigenvalue weighted by atomic mass is 35.5. The molecule has 0 heterocycles. The molecule has 0 radical (unpaired) electrons.